The Morgan fingerprint density at radius 2 is 2.22 bits per heavy atom. The summed E-state index contributed by atoms with van der Waals surface area (Å²) in [6.45, 7) is 1.81. The van der Waals surface area contributed by atoms with Crippen LogP contribution in [0.4, 0.5) is 8.78 Å². The first-order valence-electron chi connectivity index (χ1n) is 5.43. The van der Waals surface area contributed by atoms with Crippen molar-refractivity contribution in [1.29, 1.82) is 0 Å². The summed E-state index contributed by atoms with van der Waals surface area (Å²) in [7, 11) is 0. The average molecular weight is 254 g/mol. The van der Waals surface area contributed by atoms with Crippen molar-refractivity contribution in [3.05, 3.63) is 46.1 Å². The van der Waals surface area contributed by atoms with Gasteiger partial charge < -0.3 is 5.73 Å². The number of H-pyrrole nitrogens is 1. The van der Waals surface area contributed by atoms with Crippen molar-refractivity contribution in [2.75, 3.05) is 0 Å². The number of hydrogen-bond donors (Lipinski definition) is 2. The summed E-state index contributed by atoms with van der Waals surface area (Å²) in [6, 6.07) is 2.44. The van der Waals surface area contributed by atoms with Crippen LogP contribution in [0.1, 0.15) is 25.2 Å². The van der Waals surface area contributed by atoms with Crippen LogP contribution >= 0.6 is 0 Å². The molecule has 0 spiro atoms. The van der Waals surface area contributed by atoms with Crippen molar-refractivity contribution in [2.45, 2.75) is 19.4 Å². The van der Waals surface area contributed by atoms with Crippen LogP contribution in [0.15, 0.2) is 23.0 Å². The van der Waals surface area contributed by atoms with Gasteiger partial charge in [0.15, 0.2) is 5.82 Å². The van der Waals surface area contributed by atoms with E-state index < -0.39 is 23.4 Å². The lowest BCUT2D eigenvalue weighted by Crippen LogP contribution is -2.22. The molecule has 1 aromatic carbocycles. The van der Waals surface area contributed by atoms with Gasteiger partial charge in [0, 0.05) is 6.07 Å². The number of halogens is 2. The minimum absolute atomic E-state index is 0.0750. The van der Waals surface area contributed by atoms with Gasteiger partial charge in [-0.1, -0.05) is 6.92 Å². The molecule has 7 heteroatoms. The van der Waals surface area contributed by atoms with E-state index in [1.165, 1.54) is 6.07 Å². The Morgan fingerprint density at radius 3 is 2.83 bits per heavy atom. The van der Waals surface area contributed by atoms with Crippen LogP contribution in [0.25, 0.3) is 5.69 Å². The summed E-state index contributed by atoms with van der Waals surface area (Å²) >= 11 is 0. The highest BCUT2D eigenvalue weighted by Gasteiger charge is 2.18. The molecule has 0 aliphatic rings. The molecule has 0 aliphatic heterocycles. The van der Waals surface area contributed by atoms with E-state index in [2.05, 4.69) is 10.2 Å². The minimum atomic E-state index is -0.844. The molecule has 0 saturated heterocycles. The maximum absolute atomic E-state index is 13.7. The normalized spacial score (nSPS) is 12.7. The summed E-state index contributed by atoms with van der Waals surface area (Å²) in [5.41, 5.74) is 5.10. The zero-order chi connectivity index (χ0) is 13.3. The number of aromatic amines is 1. The maximum atomic E-state index is 13.7. The van der Waals surface area contributed by atoms with Gasteiger partial charge in [-0.3, -0.25) is 0 Å². The van der Waals surface area contributed by atoms with Crippen molar-refractivity contribution in [3.63, 3.8) is 0 Å². The molecule has 3 N–H and O–H groups in total. The fourth-order valence-corrected chi connectivity index (χ4v) is 1.64. The van der Waals surface area contributed by atoms with E-state index in [1.54, 1.807) is 0 Å². The van der Waals surface area contributed by atoms with Crippen LogP contribution < -0.4 is 11.4 Å². The molecule has 96 valence electrons. The van der Waals surface area contributed by atoms with E-state index in [9.17, 15) is 13.6 Å². The molecule has 1 atom stereocenters. The monoisotopic (exact) mass is 254 g/mol. The van der Waals surface area contributed by atoms with Crippen LogP contribution in [0.5, 0.6) is 0 Å². The summed E-state index contributed by atoms with van der Waals surface area (Å²) in [6.07, 6.45) is 0.535. The minimum Gasteiger partial charge on any atom is -0.321 e. The van der Waals surface area contributed by atoms with E-state index in [0.29, 0.717) is 12.5 Å². The second kappa shape index (κ2) is 4.69. The first-order valence-corrected chi connectivity index (χ1v) is 5.43. The molecule has 0 saturated carbocycles. The second-order valence-corrected chi connectivity index (χ2v) is 3.83. The highest BCUT2D eigenvalue weighted by molar-refractivity contribution is 5.35. The highest BCUT2D eigenvalue weighted by atomic mass is 19.1. The van der Waals surface area contributed by atoms with E-state index in [1.807, 2.05) is 6.92 Å². The molecular formula is C11H12F2N4O. The SMILES string of the molecule is CC[C@H](N)c1n[nH]c(=O)n1-c1ccc(F)cc1F. The molecule has 1 aromatic heterocycles. The Morgan fingerprint density at radius 1 is 1.50 bits per heavy atom. The average Bonchev–Trinajstić information content (AvgIpc) is 2.70. The third-order valence-electron chi connectivity index (χ3n) is 2.62. The fraction of sp³-hybridized carbons (Fsp3) is 0.273. The molecule has 18 heavy (non-hydrogen) atoms. The van der Waals surface area contributed by atoms with Gasteiger partial charge in [-0.2, -0.15) is 5.10 Å². The third kappa shape index (κ3) is 2.04. The van der Waals surface area contributed by atoms with Gasteiger partial charge in [0.05, 0.1) is 11.7 Å². The summed E-state index contributed by atoms with van der Waals surface area (Å²) in [4.78, 5) is 11.6. The molecule has 2 rings (SSSR count). The summed E-state index contributed by atoms with van der Waals surface area (Å²) in [5, 5.41) is 5.98. The molecule has 0 bridgehead atoms. The Hall–Kier alpha value is -2.02. The van der Waals surface area contributed by atoms with E-state index in [-0.39, 0.29) is 11.5 Å². The van der Waals surface area contributed by atoms with Gasteiger partial charge in [0.1, 0.15) is 11.6 Å². The Balaban J connectivity index is 2.63. The van der Waals surface area contributed by atoms with Crippen molar-refractivity contribution in [3.8, 4) is 5.69 Å². The number of nitrogens with two attached hydrogens (primary N) is 1. The van der Waals surface area contributed by atoms with Gasteiger partial charge >= 0.3 is 5.69 Å². The molecule has 5 nitrogen and oxygen atoms in total. The van der Waals surface area contributed by atoms with Crippen LogP contribution in [0.3, 0.4) is 0 Å². The quantitative estimate of drug-likeness (QED) is 0.865. The number of benzene rings is 1. The van der Waals surface area contributed by atoms with Crippen molar-refractivity contribution in [1.82, 2.24) is 14.8 Å². The molecule has 0 aliphatic carbocycles. The smallest absolute Gasteiger partial charge is 0.321 e. The predicted octanol–water partition coefficient (Wildman–Crippen LogP) is 1.25. The van der Waals surface area contributed by atoms with Crippen LogP contribution in [0.2, 0.25) is 0 Å². The summed E-state index contributed by atoms with van der Waals surface area (Å²) < 4.78 is 27.5. The van der Waals surface area contributed by atoms with Gasteiger partial charge in [0.25, 0.3) is 0 Å². The van der Waals surface area contributed by atoms with Gasteiger partial charge in [0.2, 0.25) is 0 Å². The Kier molecular flexibility index (Phi) is 3.24. The lowest BCUT2D eigenvalue weighted by Gasteiger charge is -2.10. The second-order valence-electron chi connectivity index (χ2n) is 3.83. The third-order valence-corrected chi connectivity index (χ3v) is 2.62. The van der Waals surface area contributed by atoms with Crippen LogP contribution in [-0.2, 0) is 0 Å². The lowest BCUT2D eigenvalue weighted by atomic mass is 10.2. The fourth-order valence-electron chi connectivity index (χ4n) is 1.64. The Bertz CT molecular complexity index is 620. The Labute approximate surface area is 101 Å². The number of nitrogens with one attached hydrogen (secondary N) is 1. The molecule has 0 unspecified atom stereocenters. The predicted molar refractivity (Wildman–Crippen MR) is 61.3 cm³/mol. The summed E-state index contributed by atoms with van der Waals surface area (Å²) in [5.74, 6) is -1.34. The number of hydrogen-bond acceptors (Lipinski definition) is 3. The molecule has 0 amide bonds. The highest BCUT2D eigenvalue weighted by Crippen LogP contribution is 2.17. The number of rotatable bonds is 3. The molecular weight excluding hydrogens is 242 g/mol. The van der Waals surface area contributed by atoms with Crippen LogP contribution in [0, 0.1) is 11.6 Å². The van der Waals surface area contributed by atoms with Gasteiger partial charge in [-0.25, -0.2) is 23.2 Å². The van der Waals surface area contributed by atoms with Crippen molar-refractivity contribution in [2.24, 2.45) is 5.73 Å². The standard InChI is InChI=1S/C11H12F2N4O/c1-2-8(14)10-15-16-11(18)17(10)9-4-3-6(12)5-7(9)13/h3-5,8H,2,14H2,1H3,(H,16,18)/t8-/m0/s1. The molecule has 1 heterocycles. The molecule has 0 radical (unpaired) electrons. The van der Waals surface area contributed by atoms with Crippen molar-refractivity contribution < 1.29 is 8.78 Å². The lowest BCUT2D eigenvalue weighted by molar-refractivity contribution is 0.568. The zero-order valence-corrected chi connectivity index (χ0v) is 9.65. The molecule has 2 aromatic rings. The number of aromatic nitrogens is 3. The van der Waals surface area contributed by atoms with Gasteiger partial charge in [-0.05, 0) is 18.6 Å². The van der Waals surface area contributed by atoms with Crippen molar-refractivity contribution >= 4 is 0 Å². The number of nitrogens with zero attached hydrogens (tertiary/aromatic N) is 2. The maximum Gasteiger partial charge on any atom is 0.348 e. The first-order chi connectivity index (χ1) is 8.54. The van der Waals surface area contributed by atoms with Gasteiger partial charge in [-0.15, -0.1) is 0 Å². The van der Waals surface area contributed by atoms with E-state index in [4.69, 9.17) is 5.73 Å². The topological polar surface area (TPSA) is 76.7 Å². The zero-order valence-electron chi connectivity index (χ0n) is 9.65. The first kappa shape index (κ1) is 12.4. The van der Waals surface area contributed by atoms with E-state index in [0.717, 1.165) is 10.6 Å². The largest absolute Gasteiger partial charge is 0.348 e. The van der Waals surface area contributed by atoms with E-state index >= 15 is 0 Å². The molecule has 0 fully saturated rings. The van der Waals surface area contributed by atoms with Crippen LogP contribution in [-0.4, -0.2) is 14.8 Å².